The van der Waals surface area contributed by atoms with Crippen LogP contribution in [-0.2, 0) is 27.4 Å². The Morgan fingerprint density at radius 1 is 1.39 bits per heavy atom. The summed E-state index contributed by atoms with van der Waals surface area (Å²) in [7, 11) is -2.95. The summed E-state index contributed by atoms with van der Waals surface area (Å²) in [5.41, 5.74) is 0. The predicted molar refractivity (Wildman–Crippen MR) is 70.2 cm³/mol. The molecule has 18 heavy (non-hydrogen) atoms. The Morgan fingerprint density at radius 3 is 2.72 bits per heavy atom. The summed E-state index contributed by atoms with van der Waals surface area (Å²) >= 11 is 0. The van der Waals surface area contributed by atoms with Gasteiger partial charge in [-0.25, -0.2) is 13.1 Å². The summed E-state index contributed by atoms with van der Waals surface area (Å²) in [6, 6.07) is 3.04. The maximum absolute atomic E-state index is 11.4. The van der Waals surface area contributed by atoms with E-state index in [0.717, 1.165) is 6.42 Å². The second-order valence-electron chi connectivity index (χ2n) is 3.74. The Labute approximate surface area is 110 Å². The van der Waals surface area contributed by atoms with Crippen molar-refractivity contribution in [2.24, 2.45) is 0 Å². The Morgan fingerprint density at radius 2 is 2.11 bits per heavy atom. The largest absolute Gasteiger partial charge is 0.447 e. The highest BCUT2D eigenvalue weighted by Crippen LogP contribution is 2.12. The number of nitrogens with one attached hydrogen (secondary N) is 2. The lowest BCUT2D eigenvalue weighted by Gasteiger charge is -2.01. The van der Waals surface area contributed by atoms with Crippen LogP contribution in [-0.4, -0.2) is 38.2 Å². The van der Waals surface area contributed by atoms with E-state index < -0.39 is 20.8 Å². The lowest BCUT2D eigenvalue weighted by molar-refractivity contribution is 0.401. The molecule has 1 rings (SSSR count). The first-order valence-corrected chi connectivity index (χ1v) is 8.70. The molecule has 0 saturated carbocycles. The zero-order chi connectivity index (χ0) is 13.6. The van der Waals surface area contributed by atoms with Crippen LogP contribution in [0.25, 0.3) is 0 Å². The van der Waals surface area contributed by atoms with Crippen LogP contribution in [0.2, 0.25) is 0 Å². The summed E-state index contributed by atoms with van der Waals surface area (Å²) in [5, 5.41) is 3.01. The second-order valence-corrected chi connectivity index (χ2v) is 7.11. The minimum atomic E-state index is -3.51. The zero-order valence-electron chi connectivity index (χ0n) is 10.4. The number of rotatable bonds is 8. The van der Waals surface area contributed by atoms with E-state index in [1.54, 1.807) is 12.3 Å². The first-order valence-electron chi connectivity index (χ1n) is 5.48. The Balaban J connectivity index is 2.39. The number of hydrogen-bond donors (Lipinski definition) is 2. The van der Waals surface area contributed by atoms with Crippen molar-refractivity contribution in [2.45, 2.75) is 18.1 Å². The molecule has 0 fully saturated rings. The molecule has 0 aliphatic rings. The molecule has 1 heterocycles. The molecule has 1 aromatic heterocycles. The molecule has 2 N–H and O–H groups in total. The van der Waals surface area contributed by atoms with Gasteiger partial charge in [0.1, 0.15) is 5.76 Å². The number of sulfonamides is 1. The molecule has 1 unspecified atom stereocenters. The molecule has 0 aromatic carbocycles. The van der Waals surface area contributed by atoms with Gasteiger partial charge in [-0.05, 0) is 32.1 Å². The van der Waals surface area contributed by atoms with Crippen molar-refractivity contribution in [2.75, 3.05) is 25.6 Å². The molecule has 8 heteroatoms. The zero-order valence-corrected chi connectivity index (χ0v) is 12.1. The molecule has 1 aromatic rings. The van der Waals surface area contributed by atoms with Crippen LogP contribution < -0.4 is 10.0 Å². The van der Waals surface area contributed by atoms with Crippen LogP contribution in [0.4, 0.5) is 0 Å². The molecule has 0 amide bonds. The highest BCUT2D eigenvalue weighted by Gasteiger charge is 2.15. The van der Waals surface area contributed by atoms with E-state index >= 15 is 0 Å². The summed E-state index contributed by atoms with van der Waals surface area (Å²) in [6.45, 7) is 1.17. The quantitative estimate of drug-likeness (QED) is 0.661. The van der Waals surface area contributed by atoms with Crippen LogP contribution in [0, 0.1) is 0 Å². The van der Waals surface area contributed by atoms with E-state index in [4.69, 9.17) is 4.42 Å². The van der Waals surface area contributed by atoms with Gasteiger partial charge in [-0.2, -0.15) is 0 Å². The summed E-state index contributed by atoms with van der Waals surface area (Å²) in [5.74, 6) is 1.21. The number of furan rings is 1. The van der Waals surface area contributed by atoms with Gasteiger partial charge in [0.15, 0.2) is 0 Å². The minimum Gasteiger partial charge on any atom is -0.447 e. The molecule has 0 radical (unpaired) electrons. The van der Waals surface area contributed by atoms with Crippen molar-refractivity contribution in [3.05, 3.63) is 17.9 Å². The van der Waals surface area contributed by atoms with Gasteiger partial charge in [0.05, 0.1) is 6.54 Å². The minimum absolute atomic E-state index is 0.0866. The van der Waals surface area contributed by atoms with Crippen LogP contribution in [0.5, 0.6) is 0 Å². The third-order valence-corrected chi connectivity index (χ3v) is 4.41. The van der Waals surface area contributed by atoms with Crippen LogP contribution in [0.15, 0.2) is 21.6 Å². The van der Waals surface area contributed by atoms with Gasteiger partial charge in [-0.3, -0.25) is 4.21 Å². The van der Waals surface area contributed by atoms with Gasteiger partial charge < -0.3 is 9.73 Å². The van der Waals surface area contributed by atoms with E-state index in [2.05, 4.69) is 10.0 Å². The van der Waals surface area contributed by atoms with Crippen molar-refractivity contribution in [3.8, 4) is 0 Å². The molecule has 0 bridgehead atoms. The van der Waals surface area contributed by atoms with Crippen LogP contribution >= 0.6 is 0 Å². The standard InChI is InChI=1S/C10H18N2O4S2/c1-11-18(14,15)10-5-4-9(16-10)8-12-6-3-7-17(2)13/h4-5,11-12H,3,6-8H2,1-2H3. The van der Waals surface area contributed by atoms with Crippen LogP contribution in [0.3, 0.4) is 0 Å². The average Bonchev–Trinajstić information content (AvgIpc) is 2.77. The first kappa shape index (κ1) is 15.4. The fourth-order valence-electron chi connectivity index (χ4n) is 1.31. The summed E-state index contributed by atoms with van der Waals surface area (Å²) in [4.78, 5) is 0. The van der Waals surface area contributed by atoms with E-state index in [-0.39, 0.29) is 5.09 Å². The molecular weight excluding hydrogens is 276 g/mol. The van der Waals surface area contributed by atoms with Crippen molar-refractivity contribution in [1.82, 2.24) is 10.0 Å². The monoisotopic (exact) mass is 294 g/mol. The third-order valence-electron chi connectivity index (χ3n) is 2.26. The molecule has 0 aliphatic heterocycles. The highest BCUT2D eigenvalue weighted by atomic mass is 32.2. The smallest absolute Gasteiger partial charge is 0.273 e. The third kappa shape index (κ3) is 4.89. The molecule has 0 saturated heterocycles. The fourth-order valence-corrected chi connectivity index (χ4v) is 2.53. The van der Waals surface area contributed by atoms with E-state index in [1.165, 1.54) is 13.1 Å². The lowest BCUT2D eigenvalue weighted by Crippen LogP contribution is -2.18. The number of hydrogen-bond acceptors (Lipinski definition) is 5. The normalized spacial score (nSPS) is 13.7. The molecule has 1 atom stereocenters. The van der Waals surface area contributed by atoms with Gasteiger partial charge in [-0.15, -0.1) is 0 Å². The van der Waals surface area contributed by atoms with Crippen molar-refractivity contribution in [3.63, 3.8) is 0 Å². The maximum atomic E-state index is 11.4. The highest BCUT2D eigenvalue weighted by molar-refractivity contribution is 7.89. The Hall–Kier alpha value is -0.700. The topological polar surface area (TPSA) is 88.4 Å². The van der Waals surface area contributed by atoms with Crippen molar-refractivity contribution in [1.29, 1.82) is 0 Å². The molecule has 104 valence electrons. The van der Waals surface area contributed by atoms with Gasteiger partial charge in [0.2, 0.25) is 5.09 Å². The fraction of sp³-hybridized carbons (Fsp3) is 0.600. The second kappa shape index (κ2) is 7.03. The van der Waals surface area contributed by atoms with Gasteiger partial charge >= 0.3 is 0 Å². The van der Waals surface area contributed by atoms with Gasteiger partial charge in [-0.1, -0.05) is 0 Å². The van der Waals surface area contributed by atoms with E-state index in [0.29, 0.717) is 24.6 Å². The lowest BCUT2D eigenvalue weighted by atomic mass is 10.4. The molecule has 0 spiro atoms. The maximum Gasteiger partial charge on any atom is 0.273 e. The Bertz CT molecular complexity index is 496. The van der Waals surface area contributed by atoms with Gasteiger partial charge in [0, 0.05) is 22.8 Å². The van der Waals surface area contributed by atoms with Crippen molar-refractivity contribution >= 4 is 20.8 Å². The van der Waals surface area contributed by atoms with Crippen molar-refractivity contribution < 1.29 is 17.0 Å². The summed E-state index contributed by atoms with van der Waals surface area (Å²) < 4.78 is 41.0. The average molecular weight is 294 g/mol. The SMILES string of the molecule is CNS(=O)(=O)c1ccc(CNCCCS(C)=O)o1. The summed E-state index contributed by atoms with van der Waals surface area (Å²) in [6.07, 6.45) is 2.48. The molecule has 0 aliphatic carbocycles. The van der Waals surface area contributed by atoms with E-state index in [1.807, 2.05) is 0 Å². The first-order chi connectivity index (χ1) is 8.45. The van der Waals surface area contributed by atoms with Gasteiger partial charge in [0.25, 0.3) is 10.0 Å². The van der Waals surface area contributed by atoms with E-state index in [9.17, 15) is 12.6 Å². The molecular formula is C10H18N2O4S2. The predicted octanol–water partition coefficient (Wildman–Crippen LogP) is 0.0459. The van der Waals surface area contributed by atoms with Crippen LogP contribution in [0.1, 0.15) is 12.2 Å². The Kier molecular flexibility index (Phi) is 6.00. The molecule has 6 nitrogen and oxygen atoms in total.